The molecule has 0 radical (unpaired) electrons. The molecule has 3 aromatic carbocycles. The van der Waals surface area contributed by atoms with Gasteiger partial charge >= 0.3 is 0 Å². The summed E-state index contributed by atoms with van der Waals surface area (Å²) in [4.78, 5) is 25.9. The summed E-state index contributed by atoms with van der Waals surface area (Å²) in [7, 11) is -4.04. The molecule has 36 heavy (non-hydrogen) atoms. The molecule has 0 fully saturated rings. The molecular weight excluding hydrogens is 478 g/mol. The molecular formula is C27H25N3O5S. The molecule has 4 rings (SSSR count). The molecule has 2 amide bonds. The molecule has 4 aromatic rings. The van der Waals surface area contributed by atoms with E-state index in [9.17, 15) is 18.0 Å². The van der Waals surface area contributed by atoms with Crippen LogP contribution in [0, 0.1) is 6.92 Å². The fraction of sp³-hybridized carbons (Fsp3) is 0.111. The maximum Gasteiger partial charge on any atom is 0.264 e. The first kappa shape index (κ1) is 24.7. The van der Waals surface area contributed by atoms with Crippen LogP contribution in [0.5, 0.6) is 0 Å². The summed E-state index contributed by atoms with van der Waals surface area (Å²) in [5.74, 6) is -0.417. The van der Waals surface area contributed by atoms with Crippen LogP contribution in [0.25, 0.3) is 0 Å². The number of para-hydroxylation sites is 2. The van der Waals surface area contributed by atoms with Gasteiger partial charge in [0.2, 0.25) is 5.91 Å². The maximum absolute atomic E-state index is 13.5. The number of hydrogen-bond donors (Lipinski definition) is 2. The Labute approximate surface area is 209 Å². The van der Waals surface area contributed by atoms with E-state index in [1.165, 1.54) is 18.4 Å². The zero-order valence-corrected chi connectivity index (χ0v) is 20.4. The highest BCUT2D eigenvalue weighted by atomic mass is 32.2. The lowest BCUT2D eigenvalue weighted by Gasteiger charge is -2.24. The smallest absolute Gasteiger partial charge is 0.264 e. The molecule has 0 bridgehead atoms. The Morgan fingerprint density at radius 1 is 0.861 bits per heavy atom. The average Bonchev–Trinajstić information content (AvgIpc) is 3.41. The molecule has 0 atom stereocenters. The highest BCUT2D eigenvalue weighted by Crippen LogP contribution is 2.24. The Kier molecular flexibility index (Phi) is 7.50. The number of furan rings is 1. The number of benzene rings is 3. The lowest BCUT2D eigenvalue weighted by atomic mass is 10.1. The van der Waals surface area contributed by atoms with Crippen molar-refractivity contribution >= 4 is 33.2 Å². The minimum Gasteiger partial charge on any atom is -0.467 e. The maximum atomic E-state index is 13.5. The van der Waals surface area contributed by atoms with Gasteiger partial charge in [-0.3, -0.25) is 13.9 Å². The Bertz CT molecular complexity index is 1430. The molecule has 0 aliphatic heterocycles. The second kappa shape index (κ2) is 10.9. The second-order valence-electron chi connectivity index (χ2n) is 8.02. The van der Waals surface area contributed by atoms with Crippen LogP contribution in [0.1, 0.15) is 21.7 Å². The Hall–Kier alpha value is -4.37. The summed E-state index contributed by atoms with van der Waals surface area (Å²) in [5, 5.41) is 5.43. The van der Waals surface area contributed by atoms with Crippen LogP contribution in [0.3, 0.4) is 0 Å². The van der Waals surface area contributed by atoms with E-state index in [2.05, 4.69) is 10.6 Å². The first-order chi connectivity index (χ1) is 17.3. The van der Waals surface area contributed by atoms with E-state index in [-0.39, 0.29) is 22.7 Å². The third-order valence-corrected chi connectivity index (χ3v) is 7.18. The van der Waals surface area contributed by atoms with Gasteiger partial charge < -0.3 is 15.1 Å². The zero-order valence-electron chi connectivity index (χ0n) is 19.5. The van der Waals surface area contributed by atoms with Crippen molar-refractivity contribution in [3.8, 4) is 0 Å². The van der Waals surface area contributed by atoms with Gasteiger partial charge in [0.1, 0.15) is 12.3 Å². The Balaban J connectivity index is 1.55. The number of aryl methyl sites for hydroxylation is 1. The summed E-state index contributed by atoms with van der Waals surface area (Å²) >= 11 is 0. The van der Waals surface area contributed by atoms with Crippen LogP contribution < -0.4 is 14.9 Å². The average molecular weight is 504 g/mol. The van der Waals surface area contributed by atoms with E-state index in [1.54, 1.807) is 78.9 Å². The van der Waals surface area contributed by atoms with Crippen LogP contribution in [0.15, 0.2) is 107 Å². The normalized spacial score (nSPS) is 11.0. The monoisotopic (exact) mass is 503 g/mol. The highest BCUT2D eigenvalue weighted by molar-refractivity contribution is 7.92. The van der Waals surface area contributed by atoms with Crippen molar-refractivity contribution in [3.05, 3.63) is 114 Å². The summed E-state index contributed by atoms with van der Waals surface area (Å²) in [5.41, 5.74) is 1.77. The molecule has 2 N–H and O–H groups in total. The predicted molar refractivity (Wildman–Crippen MR) is 137 cm³/mol. The van der Waals surface area contributed by atoms with Crippen LogP contribution in [-0.2, 0) is 21.4 Å². The number of carbonyl (C=O) groups is 2. The van der Waals surface area contributed by atoms with E-state index in [4.69, 9.17) is 4.42 Å². The van der Waals surface area contributed by atoms with Gasteiger partial charge in [0.25, 0.3) is 15.9 Å². The standard InChI is InChI=1S/C27H25N3O5S/c1-20-13-15-23(16-14-20)36(33,34)30(21-8-3-2-4-9-21)19-26(31)29-25-12-6-5-11-24(25)27(32)28-18-22-10-7-17-35-22/h2-17H,18-19H2,1H3,(H,28,32)(H,29,31). The zero-order chi connectivity index (χ0) is 25.5. The molecule has 0 saturated heterocycles. The molecule has 184 valence electrons. The van der Waals surface area contributed by atoms with E-state index < -0.39 is 28.4 Å². The van der Waals surface area contributed by atoms with E-state index >= 15 is 0 Å². The topological polar surface area (TPSA) is 109 Å². The lowest BCUT2D eigenvalue weighted by Crippen LogP contribution is -2.38. The molecule has 0 unspecified atom stereocenters. The van der Waals surface area contributed by atoms with Gasteiger partial charge in [-0.15, -0.1) is 0 Å². The third kappa shape index (κ3) is 5.81. The first-order valence-corrected chi connectivity index (χ1v) is 12.6. The van der Waals surface area contributed by atoms with Gasteiger partial charge in [-0.05, 0) is 55.5 Å². The van der Waals surface area contributed by atoms with Crippen molar-refractivity contribution in [1.82, 2.24) is 5.32 Å². The molecule has 1 aromatic heterocycles. The molecule has 9 heteroatoms. The minimum absolute atomic E-state index is 0.0717. The summed E-state index contributed by atoms with van der Waals surface area (Å²) in [6, 6.07) is 24.8. The number of sulfonamides is 1. The minimum atomic E-state index is -4.04. The van der Waals surface area contributed by atoms with Gasteiger partial charge in [0.15, 0.2) is 0 Å². The summed E-state index contributed by atoms with van der Waals surface area (Å²) in [6.07, 6.45) is 1.51. The lowest BCUT2D eigenvalue weighted by molar-refractivity contribution is -0.114. The van der Waals surface area contributed by atoms with Crippen LogP contribution in [0.4, 0.5) is 11.4 Å². The van der Waals surface area contributed by atoms with Crippen LogP contribution in [-0.4, -0.2) is 26.8 Å². The van der Waals surface area contributed by atoms with Crippen molar-refractivity contribution in [3.63, 3.8) is 0 Å². The molecule has 1 heterocycles. The first-order valence-electron chi connectivity index (χ1n) is 11.2. The Morgan fingerprint density at radius 2 is 1.56 bits per heavy atom. The molecule has 0 aliphatic carbocycles. The van der Waals surface area contributed by atoms with Crippen molar-refractivity contribution < 1.29 is 22.4 Å². The molecule has 0 saturated carbocycles. The van der Waals surface area contributed by atoms with E-state index in [1.807, 2.05) is 6.92 Å². The number of anilines is 2. The van der Waals surface area contributed by atoms with E-state index in [0.717, 1.165) is 9.87 Å². The number of carbonyl (C=O) groups excluding carboxylic acids is 2. The van der Waals surface area contributed by atoms with Crippen LogP contribution >= 0.6 is 0 Å². The van der Waals surface area contributed by atoms with Gasteiger partial charge in [-0.1, -0.05) is 48.0 Å². The van der Waals surface area contributed by atoms with Crippen molar-refractivity contribution in [2.24, 2.45) is 0 Å². The number of amides is 2. The third-order valence-electron chi connectivity index (χ3n) is 5.39. The molecule has 0 spiro atoms. The van der Waals surface area contributed by atoms with Gasteiger partial charge in [-0.25, -0.2) is 8.42 Å². The highest BCUT2D eigenvalue weighted by Gasteiger charge is 2.27. The number of nitrogens with one attached hydrogen (secondary N) is 2. The predicted octanol–water partition coefficient (Wildman–Crippen LogP) is 4.35. The number of hydrogen-bond acceptors (Lipinski definition) is 5. The fourth-order valence-corrected chi connectivity index (χ4v) is 4.95. The Morgan fingerprint density at radius 3 is 2.25 bits per heavy atom. The number of nitrogens with zero attached hydrogens (tertiary/aromatic N) is 1. The van der Waals surface area contributed by atoms with Crippen molar-refractivity contribution in [2.75, 3.05) is 16.2 Å². The number of rotatable bonds is 9. The SMILES string of the molecule is Cc1ccc(S(=O)(=O)N(CC(=O)Nc2ccccc2C(=O)NCc2ccco2)c2ccccc2)cc1. The summed E-state index contributed by atoms with van der Waals surface area (Å²) in [6.45, 7) is 1.56. The molecule has 0 aliphatic rings. The van der Waals surface area contributed by atoms with Gasteiger partial charge in [0.05, 0.1) is 34.6 Å². The van der Waals surface area contributed by atoms with Gasteiger partial charge in [0, 0.05) is 0 Å². The van der Waals surface area contributed by atoms with Gasteiger partial charge in [-0.2, -0.15) is 0 Å². The largest absolute Gasteiger partial charge is 0.467 e. The molecule has 8 nitrogen and oxygen atoms in total. The summed E-state index contributed by atoms with van der Waals surface area (Å²) < 4.78 is 33.2. The van der Waals surface area contributed by atoms with Crippen molar-refractivity contribution in [1.29, 1.82) is 0 Å². The van der Waals surface area contributed by atoms with Crippen molar-refractivity contribution in [2.45, 2.75) is 18.4 Å². The van der Waals surface area contributed by atoms with E-state index in [0.29, 0.717) is 11.4 Å². The second-order valence-corrected chi connectivity index (χ2v) is 9.88. The van der Waals surface area contributed by atoms with Crippen LogP contribution in [0.2, 0.25) is 0 Å². The quantitative estimate of drug-likeness (QED) is 0.353. The fourth-order valence-electron chi connectivity index (χ4n) is 3.53.